The first-order valence-corrected chi connectivity index (χ1v) is 9.92. The molecular weight excluding hydrogens is 364 g/mol. The molecule has 9 heteroatoms. The van der Waals surface area contributed by atoms with E-state index in [1.807, 2.05) is 24.3 Å². The maximum absolute atomic E-state index is 12.6. The van der Waals surface area contributed by atoms with Crippen LogP contribution in [0.3, 0.4) is 0 Å². The summed E-state index contributed by atoms with van der Waals surface area (Å²) in [4.78, 5) is 19.1. The standard InChI is InChI=1S/C18H28N6O2S/c1-18(2,3)16-21-17(27-22-16)19-9-12-8-14(25)24(6-7-26-5)15(12)13-10-20-23(4)11-13/h10-12,15H,6-9H2,1-5H3,(H,19,21,22)/t12-,15+/m0/s1. The normalized spacial score (nSPS) is 20.5. The van der Waals surface area contributed by atoms with Crippen LogP contribution >= 0.6 is 11.5 Å². The zero-order valence-corrected chi connectivity index (χ0v) is 17.4. The smallest absolute Gasteiger partial charge is 0.223 e. The fourth-order valence-corrected chi connectivity index (χ4v) is 4.13. The van der Waals surface area contributed by atoms with Gasteiger partial charge in [-0.05, 0) is 0 Å². The Hall–Kier alpha value is -2.00. The molecule has 0 saturated carbocycles. The first-order valence-electron chi connectivity index (χ1n) is 9.14. The molecule has 0 aromatic carbocycles. The molecule has 27 heavy (non-hydrogen) atoms. The Morgan fingerprint density at radius 3 is 2.78 bits per heavy atom. The van der Waals surface area contributed by atoms with Crippen LogP contribution < -0.4 is 5.32 Å². The van der Waals surface area contributed by atoms with Crippen molar-refractivity contribution in [2.45, 2.75) is 38.6 Å². The summed E-state index contributed by atoms with van der Waals surface area (Å²) in [7, 11) is 3.54. The van der Waals surface area contributed by atoms with E-state index in [9.17, 15) is 4.79 Å². The Labute approximate surface area is 164 Å². The monoisotopic (exact) mass is 392 g/mol. The maximum Gasteiger partial charge on any atom is 0.223 e. The highest BCUT2D eigenvalue weighted by atomic mass is 32.1. The number of carbonyl (C=O) groups is 1. The molecule has 2 aromatic rings. The molecule has 8 nitrogen and oxygen atoms in total. The average Bonchev–Trinajstić information content (AvgIpc) is 3.29. The second kappa shape index (κ2) is 7.93. The van der Waals surface area contributed by atoms with Crippen LogP contribution in [0, 0.1) is 5.92 Å². The van der Waals surface area contributed by atoms with Crippen molar-refractivity contribution in [2.75, 3.05) is 32.1 Å². The predicted octanol–water partition coefficient (Wildman–Crippen LogP) is 2.22. The minimum atomic E-state index is -0.0745. The Balaban J connectivity index is 1.74. The zero-order valence-electron chi connectivity index (χ0n) is 16.6. The highest BCUT2D eigenvalue weighted by molar-refractivity contribution is 7.09. The topological polar surface area (TPSA) is 85.2 Å². The second-order valence-electron chi connectivity index (χ2n) is 7.99. The molecule has 3 heterocycles. The Kier molecular flexibility index (Phi) is 5.81. The number of nitrogens with one attached hydrogen (secondary N) is 1. The molecule has 1 aliphatic heterocycles. The lowest BCUT2D eigenvalue weighted by molar-refractivity contribution is -0.129. The van der Waals surface area contributed by atoms with E-state index < -0.39 is 0 Å². The molecule has 3 rings (SSSR count). The molecule has 0 spiro atoms. The molecule has 1 N–H and O–H groups in total. The lowest BCUT2D eigenvalue weighted by Crippen LogP contribution is -2.33. The fourth-order valence-electron chi connectivity index (χ4n) is 3.36. The minimum absolute atomic E-state index is 0.0103. The van der Waals surface area contributed by atoms with Gasteiger partial charge in [0.15, 0.2) is 0 Å². The molecular formula is C18H28N6O2S. The lowest BCUT2D eigenvalue weighted by Gasteiger charge is -2.27. The lowest BCUT2D eigenvalue weighted by atomic mass is 9.95. The molecule has 1 fully saturated rings. The third kappa shape index (κ3) is 4.47. The third-order valence-corrected chi connectivity index (χ3v) is 5.43. The Morgan fingerprint density at radius 1 is 1.41 bits per heavy atom. The third-order valence-electron chi connectivity index (χ3n) is 4.75. The second-order valence-corrected chi connectivity index (χ2v) is 8.74. The van der Waals surface area contributed by atoms with Gasteiger partial charge in [-0.25, -0.2) is 4.98 Å². The summed E-state index contributed by atoms with van der Waals surface area (Å²) in [5.41, 5.74) is 0.980. The van der Waals surface area contributed by atoms with Gasteiger partial charge in [0.05, 0.1) is 18.8 Å². The van der Waals surface area contributed by atoms with Crippen molar-refractivity contribution in [1.29, 1.82) is 0 Å². The number of methoxy groups -OCH3 is 1. The van der Waals surface area contributed by atoms with Crippen molar-refractivity contribution in [3.63, 3.8) is 0 Å². The number of anilines is 1. The molecule has 0 bridgehead atoms. The van der Waals surface area contributed by atoms with Gasteiger partial charge in [-0.2, -0.15) is 9.47 Å². The summed E-state index contributed by atoms with van der Waals surface area (Å²) in [6.07, 6.45) is 4.33. The molecule has 0 radical (unpaired) electrons. The number of amides is 1. The Morgan fingerprint density at radius 2 is 2.19 bits per heavy atom. The first kappa shape index (κ1) is 19.8. The quantitative estimate of drug-likeness (QED) is 0.778. The molecule has 0 aliphatic carbocycles. The average molecular weight is 393 g/mol. The number of ether oxygens (including phenoxy) is 1. The van der Waals surface area contributed by atoms with Gasteiger partial charge in [0.25, 0.3) is 0 Å². The van der Waals surface area contributed by atoms with E-state index in [0.717, 1.165) is 16.5 Å². The summed E-state index contributed by atoms with van der Waals surface area (Å²) in [6.45, 7) is 8.06. The molecule has 2 aromatic heterocycles. The molecule has 1 saturated heterocycles. The summed E-state index contributed by atoms with van der Waals surface area (Å²) in [5, 5.41) is 8.48. The predicted molar refractivity (Wildman–Crippen MR) is 105 cm³/mol. The van der Waals surface area contributed by atoms with Crippen LogP contribution in [0.15, 0.2) is 12.4 Å². The highest BCUT2D eigenvalue weighted by Gasteiger charge is 2.41. The van der Waals surface area contributed by atoms with Gasteiger partial charge in [-0.3, -0.25) is 9.48 Å². The summed E-state index contributed by atoms with van der Waals surface area (Å²) >= 11 is 1.37. The van der Waals surface area contributed by atoms with Crippen molar-refractivity contribution in [3.8, 4) is 0 Å². The van der Waals surface area contributed by atoms with E-state index in [4.69, 9.17) is 4.74 Å². The van der Waals surface area contributed by atoms with E-state index in [0.29, 0.717) is 26.1 Å². The van der Waals surface area contributed by atoms with E-state index in [2.05, 4.69) is 40.5 Å². The van der Waals surface area contributed by atoms with Gasteiger partial charge in [0.1, 0.15) is 5.82 Å². The van der Waals surface area contributed by atoms with Crippen molar-refractivity contribution >= 4 is 22.6 Å². The molecule has 2 atom stereocenters. The molecule has 0 unspecified atom stereocenters. The number of carbonyl (C=O) groups excluding carboxylic acids is 1. The SMILES string of the molecule is COCCN1C(=O)C[C@@H](CNc2nc(C(C)(C)C)ns2)[C@@H]1c1cnn(C)c1. The summed E-state index contributed by atoms with van der Waals surface area (Å²) in [6, 6.07) is -0.0103. The maximum atomic E-state index is 12.6. The van der Waals surface area contributed by atoms with Crippen LogP contribution in [0.5, 0.6) is 0 Å². The van der Waals surface area contributed by atoms with Gasteiger partial charge >= 0.3 is 0 Å². The van der Waals surface area contributed by atoms with Crippen LogP contribution in [0.4, 0.5) is 5.13 Å². The molecule has 1 aliphatic rings. The van der Waals surface area contributed by atoms with Crippen molar-refractivity contribution in [1.82, 2.24) is 24.0 Å². The number of likely N-dealkylation sites (tertiary alicyclic amines) is 1. The van der Waals surface area contributed by atoms with Crippen LogP contribution in [-0.4, -0.2) is 56.8 Å². The number of nitrogens with zero attached hydrogens (tertiary/aromatic N) is 5. The van der Waals surface area contributed by atoms with Gasteiger partial charge in [-0.1, -0.05) is 20.8 Å². The highest BCUT2D eigenvalue weighted by Crippen LogP contribution is 2.38. The van der Waals surface area contributed by atoms with Gasteiger partial charge < -0.3 is 15.0 Å². The number of hydrogen-bond acceptors (Lipinski definition) is 7. The first-order chi connectivity index (χ1) is 12.8. The number of rotatable bonds is 7. The number of aryl methyl sites for hydroxylation is 1. The Bertz CT molecular complexity index is 781. The number of aromatic nitrogens is 4. The van der Waals surface area contributed by atoms with Gasteiger partial charge in [-0.15, -0.1) is 0 Å². The summed E-state index contributed by atoms with van der Waals surface area (Å²) < 4.78 is 11.4. The van der Waals surface area contributed by atoms with Gasteiger partial charge in [0, 0.05) is 68.3 Å². The van der Waals surface area contributed by atoms with Crippen molar-refractivity contribution in [2.24, 2.45) is 13.0 Å². The van der Waals surface area contributed by atoms with Crippen LogP contribution in [0.2, 0.25) is 0 Å². The van der Waals surface area contributed by atoms with E-state index >= 15 is 0 Å². The summed E-state index contributed by atoms with van der Waals surface area (Å²) in [5.74, 6) is 1.13. The van der Waals surface area contributed by atoms with E-state index in [-0.39, 0.29) is 23.3 Å². The van der Waals surface area contributed by atoms with Crippen LogP contribution in [-0.2, 0) is 22.0 Å². The van der Waals surface area contributed by atoms with Crippen LogP contribution in [0.1, 0.15) is 44.6 Å². The van der Waals surface area contributed by atoms with Crippen molar-refractivity contribution in [3.05, 3.63) is 23.8 Å². The number of hydrogen-bond donors (Lipinski definition) is 1. The van der Waals surface area contributed by atoms with E-state index in [1.54, 1.807) is 11.8 Å². The molecule has 148 valence electrons. The van der Waals surface area contributed by atoms with Gasteiger partial charge in [0.2, 0.25) is 11.0 Å². The molecule has 1 amide bonds. The zero-order chi connectivity index (χ0) is 19.6. The van der Waals surface area contributed by atoms with Crippen molar-refractivity contribution < 1.29 is 9.53 Å². The largest absolute Gasteiger partial charge is 0.383 e. The minimum Gasteiger partial charge on any atom is -0.383 e. The van der Waals surface area contributed by atoms with E-state index in [1.165, 1.54) is 11.5 Å². The van der Waals surface area contributed by atoms with Crippen LogP contribution in [0.25, 0.3) is 0 Å². The fraction of sp³-hybridized carbons (Fsp3) is 0.667.